The Morgan fingerprint density at radius 2 is 0.579 bits per heavy atom. The molecule has 3 radical (unpaired) electrons. The van der Waals surface area contributed by atoms with Crippen molar-refractivity contribution < 1.29 is 18.6 Å². The molecular weight excluding hydrogens is 405 g/mol. The number of nitrogens with zero attached hydrogens (tertiary/aromatic N) is 2. The first kappa shape index (κ1) is 31.8. The molecule has 0 unspecified atom stereocenters. The fourth-order valence-corrected chi connectivity index (χ4v) is 1.77. The quantitative estimate of drug-likeness (QED) is 0.429. The normalized spacial score (nSPS) is 13.4. The van der Waals surface area contributed by atoms with Gasteiger partial charge < -0.3 is 14.9 Å². The number of hydrogen-bond donors (Lipinski definition) is 0. The van der Waals surface area contributed by atoms with E-state index in [9.17, 15) is 0 Å². The number of rotatable bonds is 0. The van der Waals surface area contributed by atoms with E-state index in [1.54, 1.807) is 9.94 Å². The molecule has 0 aromatic carbocycles. The molecule has 0 atom stereocenters. The summed E-state index contributed by atoms with van der Waals surface area (Å²) < 4.78 is 0. The van der Waals surface area contributed by atoms with Crippen molar-refractivity contribution in [3.05, 3.63) is 14.9 Å². The van der Waals surface area contributed by atoms with Crippen LogP contribution in [0.15, 0.2) is 0 Å². The van der Waals surface area contributed by atoms with Crippen LogP contribution in [-0.2, 0) is 18.6 Å². The average Bonchev–Trinajstić information content (AvgIpc) is 3.00. The van der Waals surface area contributed by atoms with E-state index < -0.39 is 0 Å². The Balaban J connectivity index is -0.0000000450. The van der Waals surface area contributed by atoms with Crippen LogP contribution in [0, 0.1) is 35.3 Å². The van der Waals surface area contributed by atoms with Gasteiger partial charge in [0.05, 0.1) is 0 Å². The Kier molecular flexibility index (Phi) is 60.8. The maximum absolute atomic E-state index is 7.26. The van der Waals surface area contributed by atoms with E-state index in [0.717, 1.165) is 0 Å². The summed E-state index contributed by atoms with van der Waals surface area (Å²) in [6.45, 7) is 0. The minimum Gasteiger partial charge on any atom is -0.358 e. The van der Waals surface area contributed by atoms with Crippen LogP contribution in [0.3, 0.4) is 0 Å². The summed E-state index contributed by atoms with van der Waals surface area (Å²) in [4.78, 5) is 3.25. The van der Waals surface area contributed by atoms with Crippen molar-refractivity contribution in [1.29, 1.82) is 10.5 Å². The Morgan fingerprint density at radius 3 is 0.632 bits per heavy atom. The van der Waals surface area contributed by atoms with Gasteiger partial charge in [0.1, 0.15) is 0 Å². The topological polar surface area (TPSA) is 47.6 Å². The van der Waals surface area contributed by atoms with Crippen LogP contribution in [0.25, 0.3) is 0 Å². The monoisotopic (exact) mass is 433 g/mol. The third-order valence-corrected chi connectivity index (χ3v) is 2.50. The molecule has 0 bridgehead atoms. The predicted molar refractivity (Wildman–Crippen MR) is 81.7 cm³/mol. The second-order valence-corrected chi connectivity index (χ2v) is 4.48. The Bertz CT molecular complexity index is 155. The SMILES string of the molecule is C1CCCC1.C1CCCC1.N#C[Se].N#C[Se].[CH3-].[CH3-].[V+2]. The smallest absolute Gasteiger partial charge is 0.358 e. The van der Waals surface area contributed by atoms with E-state index in [1.807, 2.05) is 0 Å². The van der Waals surface area contributed by atoms with Crippen LogP contribution in [0.2, 0.25) is 0 Å². The molecule has 0 amide bonds. The van der Waals surface area contributed by atoms with E-state index in [4.69, 9.17) is 10.5 Å². The summed E-state index contributed by atoms with van der Waals surface area (Å²) in [5.74, 6) is 0. The van der Waals surface area contributed by atoms with Crippen molar-refractivity contribution in [1.82, 2.24) is 0 Å². The molecule has 0 aromatic rings. The Labute approximate surface area is 149 Å². The molecule has 0 saturated heterocycles. The van der Waals surface area contributed by atoms with E-state index in [0.29, 0.717) is 0 Å². The van der Waals surface area contributed by atoms with Gasteiger partial charge in [-0.2, -0.15) is 0 Å². The van der Waals surface area contributed by atoms with Crippen LogP contribution in [0.1, 0.15) is 64.2 Å². The zero-order valence-electron chi connectivity index (χ0n) is 12.2. The van der Waals surface area contributed by atoms with Crippen LogP contribution in [0.4, 0.5) is 0 Å². The number of hydrogen-bond acceptors (Lipinski definition) is 2. The maximum Gasteiger partial charge on any atom is 2.00 e. The van der Waals surface area contributed by atoms with Crippen molar-refractivity contribution in [3.8, 4) is 9.94 Å². The van der Waals surface area contributed by atoms with Gasteiger partial charge in [-0.05, 0) is 0 Å². The molecule has 2 saturated carbocycles. The molecule has 109 valence electrons. The van der Waals surface area contributed by atoms with Crippen molar-refractivity contribution in [2.45, 2.75) is 64.2 Å². The van der Waals surface area contributed by atoms with Crippen LogP contribution >= 0.6 is 0 Å². The molecule has 2 nitrogen and oxygen atoms in total. The van der Waals surface area contributed by atoms with Crippen molar-refractivity contribution in [3.63, 3.8) is 0 Å². The minimum absolute atomic E-state index is 0. The van der Waals surface area contributed by atoms with Crippen molar-refractivity contribution in [2.75, 3.05) is 0 Å². The summed E-state index contributed by atoms with van der Waals surface area (Å²) in [6, 6.07) is 0. The summed E-state index contributed by atoms with van der Waals surface area (Å²) in [6.07, 6.45) is 15.0. The molecule has 0 aliphatic heterocycles. The maximum atomic E-state index is 7.26. The summed E-state index contributed by atoms with van der Waals surface area (Å²) in [7, 11) is 0. The Morgan fingerprint density at radius 1 is 0.526 bits per heavy atom. The molecule has 2 fully saturated rings. The second-order valence-electron chi connectivity index (χ2n) is 3.72. The minimum atomic E-state index is 0. The summed E-state index contributed by atoms with van der Waals surface area (Å²) in [5.41, 5.74) is 0. The molecule has 0 heterocycles. The second kappa shape index (κ2) is 36.3. The van der Waals surface area contributed by atoms with Gasteiger partial charge in [0.15, 0.2) is 0 Å². The fraction of sp³-hybridized carbons (Fsp3) is 0.714. The van der Waals surface area contributed by atoms with Crippen LogP contribution in [-0.4, -0.2) is 32.0 Å². The predicted octanol–water partition coefficient (Wildman–Crippen LogP) is 4.07. The molecule has 0 spiro atoms. The third-order valence-electron chi connectivity index (χ3n) is 2.50. The Hall–Kier alpha value is 0.603. The van der Waals surface area contributed by atoms with Crippen molar-refractivity contribution in [2.24, 2.45) is 0 Å². The number of nitriles is 2. The van der Waals surface area contributed by atoms with Gasteiger partial charge >= 0.3 is 71.0 Å². The van der Waals surface area contributed by atoms with E-state index in [-0.39, 0.29) is 33.4 Å². The largest absolute Gasteiger partial charge is 2.00 e. The molecule has 0 N–H and O–H groups in total. The average molecular weight is 431 g/mol. The first-order valence-electron chi connectivity index (χ1n) is 5.86. The zero-order chi connectivity index (χ0) is 12.5. The summed E-state index contributed by atoms with van der Waals surface area (Å²) >= 11 is 4.22. The van der Waals surface area contributed by atoms with Gasteiger partial charge in [-0.25, -0.2) is 0 Å². The van der Waals surface area contributed by atoms with E-state index in [2.05, 4.69) is 32.0 Å². The van der Waals surface area contributed by atoms with Gasteiger partial charge in [0, 0.05) is 0 Å². The van der Waals surface area contributed by atoms with Gasteiger partial charge in [-0.3, -0.25) is 0 Å². The molecule has 2 aliphatic carbocycles. The van der Waals surface area contributed by atoms with Gasteiger partial charge in [0.25, 0.3) is 0 Å². The van der Waals surface area contributed by atoms with Gasteiger partial charge in [0.2, 0.25) is 0 Å². The molecule has 2 aliphatic rings. The van der Waals surface area contributed by atoms with Gasteiger partial charge in [-0.15, -0.1) is 0 Å². The van der Waals surface area contributed by atoms with Gasteiger partial charge in [-0.1, -0.05) is 64.2 Å². The molecule has 0 aromatic heterocycles. The van der Waals surface area contributed by atoms with Crippen LogP contribution in [0.5, 0.6) is 0 Å². The molecule has 19 heavy (non-hydrogen) atoms. The third kappa shape index (κ3) is 45.6. The summed E-state index contributed by atoms with van der Waals surface area (Å²) in [5, 5.41) is 14.5. The standard InChI is InChI=1S/2C5H10.2CNSe.2CH3.V/c2*1-2-4-5-3-1;2*2-1-3;;;/h2*1-5H2;;;2*1H3;/q;;;;2*-1;+2. The first-order chi connectivity index (χ1) is 7.83. The molecular formula is C14H26N2Se2V. The zero-order valence-corrected chi connectivity index (χ0v) is 17.1. The van der Waals surface area contributed by atoms with E-state index >= 15 is 0 Å². The molecule has 2 rings (SSSR count). The van der Waals surface area contributed by atoms with E-state index in [1.165, 1.54) is 64.2 Å². The van der Waals surface area contributed by atoms with Crippen molar-refractivity contribution >= 4 is 32.0 Å². The first-order valence-corrected chi connectivity index (χ1v) is 7.57. The fourth-order valence-electron chi connectivity index (χ4n) is 1.77. The molecule has 5 heteroatoms. The van der Waals surface area contributed by atoms with Crippen LogP contribution < -0.4 is 0 Å².